The molecule has 0 radical (unpaired) electrons. The zero-order valence-electron chi connectivity index (χ0n) is 9.82. The standard InChI is InChI=1S/C13H8N5O/c1-3-8-7-17-12-11(19-13(17)10(8)14-5-1)16-9-4-2-6-15-18(9)12/h1-6H,7H2/q+1. The van der Waals surface area contributed by atoms with E-state index in [4.69, 9.17) is 4.42 Å². The van der Waals surface area contributed by atoms with Crippen molar-refractivity contribution in [1.82, 2.24) is 19.6 Å². The van der Waals surface area contributed by atoms with Crippen LogP contribution in [0.15, 0.2) is 41.1 Å². The Balaban J connectivity index is 1.94. The van der Waals surface area contributed by atoms with Gasteiger partial charge in [0.1, 0.15) is 6.54 Å². The molecule has 1 aliphatic heterocycles. The number of hydrogen-bond acceptors (Lipinski definition) is 4. The fourth-order valence-electron chi connectivity index (χ4n) is 2.65. The molecule has 5 rings (SSSR count). The van der Waals surface area contributed by atoms with Crippen molar-refractivity contribution in [3.05, 3.63) is 42.2 Å². The highest BCUT2D eigenvalue weighted by molar-refractivity contribution is 5.70. The van der Waals surface area contributed by atoms with Gasteiger partial charge in [-0.2, -0.15) is 9.55 Å². The number of nitrogens with zero attached hydrogens (tertiary/aromatic N) is 5. The van der Waals surface area contributed by atoms with Crippen LogP contribution in [0, 0.1) is 0 Å². The van der Waals surface area contributed by atoms with Crippen molar-refractivity contribution in [2.24, 2.45) is 0 Å². The van der Waals surface area contributed by atoms with Gasteiger partial charge < -0.3 is 4.42 Å². The minimum atomic E-state index is 0.602. The van der Waals surface area contributed by atoms with Crippen molar-refractivity contribution in [2.45, 2.75) is 6.54 Å². The summed E-state index contributed by atoms with van der Waals surface area (Å²) in [5, 5.41) is 4.33. The molecule has 0 aromatic carbocycles. The fraction of sp³-hybridized carbons (Fsp3) is 0.0769. The van der Waals surface area contributed by atoms with Gasteiger partial charge in [-0.1, -0.05) is 15.7 Å². The van der Waals surface area contributed by atoms with Crippen molar-refractivity contribution in [2.75, 3.05) is 0 Å². The second-order valence-electron chi connectivity index (χ2n) is 4.54. The van der Waals surface area contributed by atoms with Crippen LogP contribution < -0.4 is 4.57 Å². The van der Waals surface area contributed by atoms with Gasteiger partial charge in [0.25, 0.3) is 5.65 Å². The van der Waals surface area contributed by atoms with Crippen molar-refractivity contribution in [1.29, 1.82) is 0 Å². The third kappa shape index (κ3) is 1.02. The first-order chi connectivity index (χ1) is 9.42. The van der Waals surface area contributed by atoms with Gasteiger partial charge in [0.2, 0.25) is 0 Å². The summed E-state index contributed by atoms with van der Waals surface area (Å²) in [5.74, 6) is 0.758. The van der Waals surface area contributed by atoms with Crippen molar-refractivity contribution < 1.29 is 8.98 Å². The topological polar surface area (TPSA) is 60.1 Å². The van der Waals surface area contributed by atoms with E-state index in [1.54, 1.807) is 16.9 Å². The van der Waals surface area contributed by atoms with E-state index < -0.39 is 0 Å². The number of hydrogen-bond donors (Lipinski definition) is 0. The third-order valence-electron chi connectivity index (χ3n) is 3.45. The van der Waals surface area contributed by atoms with E-state index in [1.165, 1.54) is 0 Å². The van der Waals surface area contributed by atoms with Gasteiger partial charge in [0.15, 0.2) is 5.69 Å². The largest absolute Gasteiger partial charge is 0.394 e. The lowest BCUT2D eigenvalue weighted by Crippen LogP contribution is -2.32. The number of aromatic nitrogens is 5. The highest BCUT2D eigenvalue weighted by Crippen LogP contribution is 2.28. The zero-order chi connectivity index (χ0) is 12.4. The second kappa shape index (κ2) is 2.97. The molecule has 1 aliphatic rings. The molecular weight excluding hydrogens is 242 g/mol. The molecule has 5 heterocycles. The van der Waals surface area contributed by atoms with Crippen molar-refractivity contribution in [3.8, 4) is 11.6 Å². The van der Waals surface area contributed by atoms with E-state index >= 15 is 0 Å². The molecule has 0 bridgehead atoms. The summed E-state index contributed by atoms with van der Waals surface area (Å²) in [6, 6.07) is 7.78. The number of fused-ring (bicyclic) bond motifs is 7. The predicted octanol–water partition coefficient (Wildman–Crippen LogP) is 1.19. The molecule has 0 unspecified atom stereocenters. The normalized spacial score (nSPS) is 13.1. The van der Waals surface area contributed by atoms with E-state index in [9.17, 15) is 0 Å². The molecule has 6 nitrogen and oxygen atoms in total. The van der Waals surface area contributed by atoms with E-state index in [0.29, 0.717) is 5.71 Å². The van der Waals surface area contributed by atoms with Gasteiger partial charge in [-0.3, -0.25) is 0 Å². The van der Waals surface area contributed by atoms with E-state index in [1.807, 2.05) is 18.2 Å². The Labute approximate surface area is 106 Å². The first kappa shape index (κ1) is 9.21. The van der Waals surface area contributed by atoms with Crippen LogP contribution >= 0.6 is 0 Å². The van der Waals surface area contributed by atoms with Gasteiger partial charge in [-0.25, -0.2) is 4.98 Å². The molecule has 6 heteroatoms. The summed E-state index contributed by atoms with van der Waals surface area (Å²) in [4.78, 5) is 8.82. The number of pyridine rings is 1. The van der Waals surface area contributed by atoms with Gasteiger partial charge in [-0.05, 0) is 12.1 Å². The lowest BCUT2D eigenvalue weighted by molar-refractivity contribution is -0.651. The van der Waals surface area contributed by atoms with Crippen LogP contribution in [-0.4, -0.2) is 19.6 Å². The first-order valence-electron chi connectivity index (χ1n) is 6.02. The lowest BCUT2D eigenvalue weighted by atomic mass is 10.2. The van der Waals surface area contributed by atoms with Gasteiger partial charge in [0, 0.05) is 17.8 Å². The summed E-state index contributed by atoms with van der Waals surface area (Å²) in [6.07, 6.45) is 3.52. The monoisotopic (exact) mass is 250 g/mol. The third-order valence-corrected chi connectivity index (χ3v) is 3.45. The number of rotatable bonds is 0. The SMILES string of the molecule is c1cnc2c(c1)C[n+]1c-2oc2nc3cccnn3c21. The Bertz CT molecular complexity index is 952. The maximum atomic E-state index is 5.85. The van der Waals surface area contributed by atoms with E-state index in [0.717, 1.165) is 35.0 Å². The summed E-state index contributed by atoms with van der Waals surface area (Å²) in [6.45, 7) is 0.746. The molecule has 0 saturated heterocycles. The molecule has 4 aromatic heterocycles. The second-order valence-corrected chi connectivity index (χ2v) is 4.54. The molecule has 0 amide bonds. The number of oxazole rings is 1. The van der Waals surface area contributed by atoms with Crippen LogP contribution in [-0.2, 0) is 6.54 Å². The molecule has 90 valence electrons. The Kier molecular flexibility index (Phi) is 1.44. The smallest absolute Gasteiger partial charge is 0.376 e. The van der Waals surface area contributed by atoms with Crippen LogP contribution in [0.4, 0.5) is 0 Å². The Hall–Kier alpha value is -2.76. The molecule has 0 aliphatic carbocycles. The molecule has 0 atom stereocenters. The van der Waals surface area contributed by atoms with Crippen molar-refractivity contribution >= 4 is 17.0 Å². The van der Waals surface area contributed by atoms with Crippen LogP contribution in [0.2, 0.25) is 0 Å². The quantitative estimate of drug-likeness (QED) is 0.387. The van der Waals surface area contributed by atoms with Crippen LogP contribution in [0.25, 0.3) is 28.6 Å². The van der Waals surface area contributed by atoms with E-state index in [2.05, 4.69) is 25.7 Å². The molecule has 4 aromatic rings. The van der Waals surface area contributed by atoms with Crippen LogP contribution in [0.5, 0.6) is 0 Å². The molecular formula is C13H8N5O+. The minimum Gasteiger partial charge on any atom is -0.394 e. The summed E-state index contributed by atoms with van der Waals surface area (Å²) >= 11 is 0. The van der Waals surface area contributed by atoms with Crippen LogP contribution in [0.3, 0.4) is 0 Å². The van der Waals surface area contributed by atoms with Gasteiger partial charge in [-0.15, -0.1) is 0 Å². The fourth-order valence-corrected chi connectivity index (χ4v) is 2.65. The van der Waals surface area contributed by atoms with Crippen molar-refractivity contribution in [3.63, 3.8) is 0 Å². The highest BCUT2D eigenvalue weighted by Gasteiger charge is 2.35. The average molecular weight is 250 g/mol. The average Bonchev–Trinajstić information content (AvgIpc) is 3.05. The Morgan fingerprint density at radius 3 is 3.16 bits per heavy atom. The van der Waals surface area contributed by atoms with E-state index in [-0.39, 0.29) is 0 Å². The summed E-state index contributed by atoms with van der Waals surface area (Å²) < 4.78 is 9.72. The predicted molar refractivity (Wildman–Crippen MR) is 65.3 cm³/mol. The Morgan fingerprint density at radius 1 is 1.21 bits per heavy atom. The Morgan fingerprint density at radius 2 is 2.16 bits per heavy atom. The molecule has 0 saturated carbocycles. The van der Waals surface area contributed by atoms with Gasteiger partial charge >= 0.3 is 17.3 Å². The maximum Gasteiger partial charge on any atom is 0.376 e. The summed E-state index contributed by atoms with van der Waals surface area (Å²) in [5.41, 5.74) is 4.32. The maximum absolute atomic E-state index is 5.85. The molecule has 0 fully saturated rings. The first-order valence-corrected chi connectivity index (χ1v) is 6.02. The highest BCUT2D eigenvalue weighted by atomic mass is 16.4. The summed E-state index contributed by atoms with van der Waals surface area (Å²) in [7, 11) is 0. The molecule has 0 spiro atoms. The minimum absolute atomic E-state index is 0.602. The number of imidazole rings is 1. The molecule has 0 N–H and O–H groups in total. The van der Waals surface area contributed by atoms with Crippen LogP contribution in [0.1, 0.15) is 5.56 Å². The lowest BCUT2D eigenvalue weighted by Gasteiger charge is -1.90. The van der Waals surface area contributed by atoms with Gasteiger partial charge in [0.05, 0.1) is 6.20 Å². The zero-order valence-corrected chi connectivity index (χ0v) is 9.82. The molecule has 19 heavy (non-hydrogen) atoms.